The van der Waals surface area contributed by atoms with Crippen LogP contribution >= 0.6 is 0 Å². The molecule has 0 atom stereocenters. The van der Waals surface area contributed by atoms with Gasteiger partial charge in [0.2, 0.25) is 0 Å². The molecule has 0 saturated heterocycles. The topological polar surface area (TPSA) is 42.0 Å². The van der Waals surface area contributed by atoms with Gasteiger partial charge in [-0.2, -0.15) is 0 Å². The number of carbonyl (C=O) groups is 1. The number of nitrogens with zero attached hydrogens (tertiary/aromatic N) is 2. The zero-order valence-corrected chi connectivity index (χ0v) is 17.7. The van der Waals surface area contributed by atoms with Crippen LogP contribution in [0.15, 0.2) is 78.9 Å². The zero-order valence-electron chi connectivity index (χ0n) is 17.7. The van der Waals surface area contributed by atoms with Crippen molar-refractivity contribution in [3.8, 4) is 11.5 Å². The second kappa shape index (κ2) is 10.5. The number of hydrogen-bond donors (Lipinski definition) is 0. The summed E-state index contributed by atoms with van der Waals surface area (Å²) in [6.45, 7) is 1.63. The van der Waals surface area contributed by atoms with Crippen LogP contribution in [-0.4, -0.2) is 45.2 Å². The normalized spacial score (nSPS) is 10.7. The highest BCUT2D eigenvalue weighted by Crippen LogP contribution is 2.31. The molecule has 3 aromatic rings. The number of rotatable bonds is 9. The molecule has 0 spiro atoms. The Morgan fingerprint density at radius 2 is 1.47 bits per heavy atom. The molecule has 0 fully saturated rings. The Balaban J connectivity index is 1.86. The van der Waals surface area contributed by atoms with Gasteiger partial charge in [-0.3, -0.25) is 9.69 Å². The van der Waals surface area contributed by atoms with E-state index < -0.39 is 0 Å². The average Bonchev–Trinajstić information content (AvgIpc) is 2.78. The van der Waals surface area contributed by atoms with Crippen LogP contribution in [-0.2, 0) is 0 Å². The molecule has 0 radical (unpaired) electrons. The molecule has 0 heterocycles. The van der Waals surface area contributed by atoms with E-state index in [1.807, 2.05) is 80.8 Å². The van der Waals surface area contributed by atoms with Crippen molar-refractivity contribution < 1.29 is 14.3 Å². The van der Waals surface area contributed by atoms with Crippen molar-refractivity contribution >= 4 is 17.3 Å². The van der Waals surface area contributed by atoms with Gasteiger partial charge in [0.05, 0.1) is 19.3 Å². The number of benzene rings is 3. The first-order valence-electron chi connectivity index (χ1n) is 10.0. The number of carbonyl (C=O) groups excluding carboxylic acids is 1. The number of ether oxygens (including phenoxy) is 2. The summed E-state index contributed by atoms with van der Waals surface area (Å²) >= 11 is 0. The molecule has 1 amide bonds. The van der Waals surface area contributed by atoms with Crippen LogP contribution in [0.1, 0.15) is 16.8 Å². The average molecular weight is 405 g/mol. The van der Waals surface area contributed by atoms with E-state index >= 15 is 0 Å². The van der Waals surface area contributed by atoms with Crippen LogP contribution < -0.4 is 14.4 Å². The van der Waals surface area contributed by atoms with Crippen LogP contribution in [0.5, 0.6) is 11.5 Å². The van der Waals surface area contributed by atoms with E-state index in [4.69, 9.17) is 9.47 Å². The highest BCUT2D eigenvalue weighted by atomic mass is 16.5. The first-order chi connectivity index (χ1) is 14.6. The SMILES string of the molecule is COc1ccccc1C(=O)N(c1ccccc1)c1ccc(OCCCN(C)C)cc1. The van der Waals surface area contributed by atoms with Crippen molar-refractivity contribution in [1.82, 2.24) is 4.90 Å². The van der Waals surface area contributed by atoms with E-state index in [1.54, 1.807) is 24.1 Å². The van der Waals surface area contributed by atoms with E-state index in [2.05, 4.69) is 4.90 Å². The minimum Gasteiger partial charge on any atom is -0.496 e. The predicted octanol–water partition coefficient (Wildman–Crippen LogP) is 5.00. The van der Waals surface area contributed by atoms with Crippen molar-refractivity contribution in [2.75, 3.05) is 39.3 Å². The van der Waals surface area contributed by atoms with Gasteiger partial charge in [-0.1, -0.05) is 30.3 Å². The Labute approximate surface area is 178 Å². The maximum Gasteiger partial charge on any atom is 0.266 e. The number of para-hydroxylation sites is 2. The number of methoxy groups -OCH3 is 1. The van der Waals surface area contributed by atoms with Gasteiger partial charge >= 0.3 is 0 Å². The maximum atomic E-state index is 13.5. The number of hydrogen-bond acceptors (Lipinski definition) is 4. The number of amides is 1. The fourth-order valence-corrected chi connectivity index (χ4v) is 3.16. The lowest BCUT2D eigenvalue weighted by Crippen LogP contribution is -2.26. The molecule has 5 nitrogen and oxygen atoms in total. The van der Waals surface area contributed by atoms with Gasteiger partial charge in [-0.05, 0) is 69.0 Å². The summed E-state index contributed by atoms with van der Waals surface area (Å²) in [4.78, 5) is 17.3. The molecule has 0 aliphatic heterocycles. The van der Waals surface area contributed by atoms with E-state index in [0.717, 1.165) is 30.1 Å². The van der Waals surface area contributed by atoms with Gasteiger partial charge in [0.25, 0.3) is 5.91 Å². The quantitative estimate of drug-likeness (QED) is 0.471. The molecule has 0 aliphatic carbocycles. The minimum absolute atomic E-state index is 0.154. The smallest absolute Gasteiger partial charge is 0.266 e. The molecule has 0 saturated carbocycles. The van der Waals surface area contributed by atoms with Gasteiger partial charge < -0.3 is 14.4 Å². The molecule has 30 heavy (non-hydrogen) atoms. The standard InChI is InChI=1S/C25H28N2O3/c1-26(2)18-9-19-30-22-16-14-21(15-17-22)27(20-10-5-4-6-11-20)25(28)23-12-7-8-13-24(23)29-3/h4-8,10-17H,9,18-19H2,1-3H3. The van der Waals surface area contributed by atoms with Crippen LogP contribution in [0.2, 0.25) is 0 Å². The summed E-state index contributed by atoms with van der Waals surface area (Å²) in [6, 6.07) is 24.5. The largest absolute Gasteiger partial charge is 0.496 e. The summed E-state index contributed by atoms with van der Waals surface area (Å²) in [5.41, 5.74) is 2.05. The molecule has 3 rings (SSSR count). The first kappa shape index (κ1) is 21.4. The van der Waals surface area contributed by atoms with Gasteiger partial charge in [-0.25, -0.2) is 0 Å². The Morgan fingerprint density at radius 3 is 2.13 bits per heavy atom. The molecule has 0 aliphatic rings. The number of anilines is 2. The van der Waals surface area contributed by atoms with Crippen molar-refractivity contribution in [2.45, 2.75) is 6.42 Å². The summed E-state index contributed by atoms with van der Waals surface area (Å²) < 4.78 is 11.2. The summed E-state index contributed by atoms with van der Waals surface area (Å²) in [7, 11) is 5.67. The maximum absolute atomic E-state index is 13.5. The Bertz CT molecular complexity index is 940. The van der Waals surface area contributed by atoms with E-state index in [0.29, 0.717) is 17.9 Å². The summed E-state index contributed by atoms with van der Waals surface area (Å²) in [5, 5.41) is 0. The van der Waals surface area contributed by atoms with Gasteiger partial charge in [0.15, 0.2) is 0 Å². The molecular weight excluding hydrogens is 376 g/mol. The molecular formula is C25H28N2O3. The first-order valence-corrected chi connectivity index (χ1v) is 10.0. The van der Waals surface area contributed by atoms with Crippen molar-refractivity contribution in [1.29, 1.82) is 0 Å². The third kappa shape index (κ3) is 5.39. The Hall–Kier alpha value is -3.31. The molecule has 0 aromatic heterocycles. The van der Waals surface area contributed by atoms with Crippen molar-refractivity contribution in [3.05, 3.63) is 84.4 Å². The monoisotopic (exact) mass is 404 g/mol. The predicted molar refractivity (Wildman–Crippen MR) is 121 cm³/mol. The Kier molecular flexibility index (Phi) is 7.46. The fourth-order valence-electron chi connectivity index (χ4n) is 3.16. The second-order valence-electron chi connectivity index (χ2n) is 7.18. The van der Waals surface area contributed by atoms with E-state index in [-0.39, 0.29) is 5.91 Å². The van der Waals surface area contributed by atoms with Crippen molar-refractivity contribution in [2.24, 2.45) is 0 Å². The van der Waals surface area contributed by atoms with Crippen LogP contribution in [0.3, 0.4) is 0 Å². The van der Waals surface area contributed by atoms with Crippen LogP contribution in [0.25, 0.3) is 0 Å². The zero-order chi connectivity index (χ0) is 21.3. The van der Waals surface area contributed by atoms with E-state index in [1.165, 1.54) is 0 Å². The lowest BCUT2D eigenvalue weighted by Gasteiger charge is -2.24. The second-order valence-corrected chi connectivity index (χ2v) is 7.18. The third-order valence-electron chi connectivity index (χ3n) is 4.67. The molecule has 156 valence electrons. The molecule has 0 bridgehead atoms. The van der Waals surface area contributed by atoms with Crippen LogP contribution in [0.4, 0.5) is 11.4 Å². The molecule has 5 heteroatoms. The van der Waals surface area contributed by atoms with Gasteiger partial charge in [0, 0.05) is 17.9 Å². The van der Waals surface area contributed by atoms with Crippen molar-refractivity contribution in [3.63, 3.8) is 0 Å². The lowest BCUT2D eigenvalue weighted by atomic mass is 10.1. The van der Waals surface area contributed by atoms with Gasteiger partial charge in [0.1, 0.15) is 11.5 Å². The van der Waals surface area contributed by atoms with Gasteiger partial charge in [-0.15, -0.1) is 0 Å². The lowest BCUT2D eigenvalue weighted by molar-refractivity contribution is 0.0996. The third-order valence-corrected chi connectivity index (χ3v) is 4.67. The molecule has 3 aromatic carbocycles. The highest BCUT2D eigenvalue weighted by molar-refractivity contribution is 6.12. The fraction of sp³-hybridized carbons (Fsp3) is 0.240. The summed E-state index contributed by atoms with van der Waals surface area (Å²) in [5.74, 6) is 1.18. The molecule has 0 N–H and O–H groups in total. The van der Waals surface area contributed by atoms with Crippen LogP contribution in [0, 0.1) is 0 Å². The molecule has 0 unspecified atom stereocenters. The minimum atomic E-state index is -0.154. The van der Waals surface area contributed by atoms with E-state index in [9.17, 15) is 4.79 Å². The summed E-state index contributed by atoms with van der Waals surface area (Å²) in [6.07, 6.45) is 0.956. The Morgan fingerprint density at radius 1 is 0.833 bits per heavy atom. The highest BCUT2D eigenvalue weighted by Gasteiger charge is 2.22.